The number of halogens is 1. The summed E-state index contributed by atoms with van der Waals surface area (Å²) in [5, 5.41) is 6.90. The van der Waals surface area contributed by atoms with Crippen LogP contribution in [0.3, 0.4) is 0 Å². The summed E-state index contributed by atoms with van der Waals surface area (Å²) in [5.74, 6) is -0.525. The Hall–Kier alpha value is -2.41. The van der Waals surface area contributed by atoms with Gasteiger partial charge in [0.15, 0.2) is 0 Å². The van der Waals surface area contributed by atoms with Gasteiger partial charge < -0.3 is 15.4 Å². The number of hydrogen-bond acceptors (Lipinski definition) is 5. The van der Waals surface area contributed by atoms with E-state index >= 15 is 0 Å². The number of rotatable bonds is 8. The highest BCUT2D eigenvalue weighted by molar-refractivity contribution is 6.30. The fraction of sp³-hybridized carbons (Fsp3) is 0.462. The second-order valence-electron chi connectivity index (χ2n) is 9.57. The summed E-state index contributed by atoms with van der Waals surface area (Å²) in [7, 11) is 0. The van der Waals surface area contributed by atoms with E-state index < -0.39 is 11.6 Å². The molecule has 1 amide bonds. The molecule has 0 radical (unpaired) electrons. The molecule has 2 N–H and O–H groups in total. The lowest BCUT2D eigenvalue weighted by Crippen LogP contribution is -2.55. The smallest absolute Gasteiger partial charge is 0.325 e. The minimum atomic E-state index is -0.620. The van der Waals surface area contributed by atoms with Crippen LogP contribution in [0.2, 0.25) is 5.02 Å². The lowest BCUT2D eigenvalue weighted by Gasteiger charge is -2.35. The summed E-state index contributed by atoms with van der Waals surface area (Å²) in [4.78, 5) is 28.4. The number of anilines is 1. The normalized spacial score (nSPS) is 17.1. The standard InChI is InChI=1S/C26H34ClN3O3/c1-18-9-5-6-10-19(18)16-30(17-23(31)29-21-12-7-11-20(27)15-21)24(22-13-8-14-28-22)25(32)33-26(2,3)4/h5-7,9-12,15,22,24,28H,8,13-14,16-17H2,1-4H3,(H,29,31)/t22-,24?/m0/s1. The molecule has 178 valence electrons. The van der Waals surface area contributed by atoms with Gasteiger partial charge >= 0.3 is 5.97 Å². The molecule has 1 aliphatic heterocycles. The number of esters is 1. The Morgan fingerprint density at radius 1 is 1.21 bits per heavy atom. The number of carbonyl (C=O) groups is 2. The number of nitrogens with one attached hydrogen (secondary N) is 2. The van der Waals surface area contributed by atoms with Crippen LogP contribution in [0.25, 0.3) is 0 Å². The first kappa shape index (κ1) is 25.2. The van der Waals surface area contributed by atoms with E-state index in [1.54, 1.807) is 24.3 Å². The summed E-state index contributed by atoms with van der Waals surface area (Å²) >= 11 is 6.07. The highest BCUT2D eigenvalue weighted by Gasteiger charge is 2.39. The van der Waals surface area contributed by atoms with Crippen molar-refractivity contribution in [1.29, 1.82) is 0 Å². The third kappa shape index (κ3) is 7.56. The van der Waals surface area contributed by atoms with E-state index in [-0.39, 0.29) is 24.5 Å². The van der Waals surface area contributed by atoms with Crippen LogP contribution < -0.4 is 10.6 Å². The largest absolute Gasteiger partial charge is 0.459 e. The van der Waals surface area contributed by atoms with Crippen LogP contribution in [0.15, 0.2) is 48.5 Å². The molecule has 7 heteroatoms. The Kier molecular flexibility index (Phi) is 8.51. The van der Waals surface area contributed by atoms with Gasteiger partial charge in [-0.2, -0.15) is 0 Å². The third-order valence-electron chi connectivity index (χ3n) is 5.61. The average molecular weight is 472 g/mol. The molecular formula is C26H34ClN3O3. The van der Waals surface area contributed by atoms with E-state index in [9.17, 15) is 9.59 Å². The molecule has 1 unspecified atom stereocenters. The van der Waals surface area contributed by atoms with E-state index in [0.717, 1.165) is 30.5 Å². The number of ether oxygens (including phenoxy) is 1. The van der Waals surface area contributed by atoms with E-state index in [0.29, 0.717) is 17.3 Å². The summed E-state index contributed by atoms with van der Waals surface area (Å²) in [6.07, 6.45) is 1.83. The zero-order valence-corrected chi connectivity index (χ0v) is 20.6. The van der Waals surface area contributed by atoms with E-state index in [1.807, 2.05) is 56.9 Å². The summed E-state index contributed by atoms with van der Waals surface area (Å²) in [6, 6.07) is 14.4. The molecule has 0 spiro atoms. The number of aryl methyl sites for hydroxylation is 1. The van der Waals surface area contributed by atoms with Crippen LogP contribution >= 0.6 is 11.6 Å². The Morgan fingerprint density at radius 3 is 2.61 bits per heavy atom. The lowest BCUT2D eigenvalue weighted by atomic mass is 10.0. The van der Waals surface area contributed by atoms with Crippen LogP contribution in [0.5, 0.6) is 0 Å². The Bertz CT molecular complexity index is 967. The molecule has 3 rings (SSSR count). The molecule has 0 bridgehead atoms. The fourth-order valence-corrected chi connectivity index (χ4v) is 4.31. The second-order valence-corrected chi connectivity index (χ2v) is 10.0. The predicted molar refractivity (Wildman–Crippen MR) is 132 cm³/mol. The molecule has 0 saturated carbocycles. The molecular weight excluding hydrogens is 438 g/mol. The molecule has 1 aliphatic rings. The summed E-state index contributed by atoms with van der Waals surface area (Å²) in [5.41, 5.74) is 2.18. The topological polar surface area (TPSA) is 70.7 Å². The minimum Gasteiger partial charge on any atom is -0.459 e. The number of hydrogen-bond donors (Lipinski definition) is 2. The van der Waals surface area contributed by atoms with Gasteiger partial charge in [-0.1, -0.05) is 41.9 Å². The van der Waals surface area contributed by atoms with Crippen molar-refractivity contribution >= 4 is 29.2 Å². The second kappa shape index (κ2) is 11.1. The molecule has 33 heavy (non-hydrogen) atoms. The fourth-order valence-electron chi connectivity index (χ4n) is 4.12. The van der Waals surface area contributed by atoms with Crippen LogP contribution in [0.1, 0.15) is 44.7 Å². The Balaban J connectivity index is 1.89. The van der Waals surface area contributed by atoms with Crippen LogP contribution in [0.4, 0.5) is 5.69 Å². The van der Waals surface area contributed by atoms with Crippen LogP contribution in [0, 0.1) is 6.92 Å². The molecule has 2 aromatic rings. The van der Waals surface area contributed by atoms with Gasteiger partial charge in [0.2, 0.25) is 5.91 Å². The Morgan fingerprint density at radius 2 is 1.97 bits per heavy atom. The zero-order chi connectivity index (χ0) is 24.0. The first-order valence-electron chi connectivity index (χ1n) is 11.4. The first-order valence-corrected chi connectivity index (χ1v) is 11.8. The molecule has 2 atom stereocenters. The van der Waals surface area contributed by atoms with Crippen molar-refractivity contribution in [2.24, 2.45) is 0 Å². The van der Waals surface area contributed by atoms with Crippen molar-refractivity contribution < 1.29 is 14.3 Å². The third-order valence-corrected chi connectivity index (χ3v) is 5.85. The number of carbonyl (C=O) groups excluding carboxylic acids is 2. The number of amides is 1. The van der Waals surface area contributed by atoms with E-state index in [2.05, 4.69) is 10.6 Å². The molecule has 1 fully saturated rings. The predicted octanol–water partition coefficient (Wildman–Crippen LogP) is 4.55. The van der Waals surface area contributed by atoms with Gasteiger partial charge in [0.25, 0.3) is 0 Å². The van der Waals surface area contributed by atoms with Crippen molar-refractivity contribution in [1.82, 2.24) is 10.2 Å². The van der Waals surface area contributed by atoms with Crippen LogP contribution in [-0.4, -0.2) is 47.6 Å². The SMILES string of the molecule is Cc1ccccc1CN(CC(=O)Nc1cccc(Cl)c1)C(C(=O)OC(C)(C)C)[C@@H]1CCCN1. The molecule has 0 aromatic heterocycles. The van der Waals surface area contributed by atoms with Crippen molar-refractivity contribution in [3.63, 3.8) is 0 Å². The van der Waals surface area contributed by atoms with Gasteiger partial charge in [0.1, 0.15) is 11.6 Å². The lowest BCUT2D eigenvalue weighted by molar-refractivity contribution is -0.163. The number of nitrogens with zero attached hydrogens (tertiary/aromatic N) is 1. The summed E-state index contributed by atoms with van der Waals surface area (Å²) < 4.78 is 5.81. The van der Waals surface area contributed by atoms with Gasteiger partial charge in [-0.05, 0) is 76.4 Å². The highest BCUT2D eigenvalue weighted by atomic mass is 35.5. The van der Waals surface area contributed by atoms with Gasteiger partial charge in [-0.3, -0.25) is 14.5 Å². The van der Waals surface area contributed by atoms with Crippen molar-refractivity contribution in [2.45, 2.75) is 64.8 Å². The maximum Gasteiger partial charge on any atom is 0.325 e. The van der Waals surface area contributed by atoms with Gasteiger partial charge in [0.05, 0.1) is 6.54 Å². The summed E-state index contributed by atoms with van der Waals surface area (Å²) in [6.45, 7) is 8.97. The molecule has 1 saturated heterocycles. The molecule has 1 heterocycles. The molecule has 2 aromatic carbocycles. The van der Waals surface area contributed by atoms with Crippen molar-refractivity contribution in [2.75, 3.05) is 18.4 Å². The van der Waals surface area contributed by atoms with Gasteiger partial charge in [-0.15, -0.1) is 0 Å². The maximum absolute atomic E-state index is 13.4. The minimum absolute atomic E-state index is 0.0446. The van der Waals surface area contributed by atoms with Crippen LogP contribution in [-0.2, 0) is 20.9 Å². The van der Waals surface area contributed by atoms with E-state index in [1.165, 1.54) is 0 Å². The van der Waals surface area contributed by atoms with E-state index in [4.69, 9.17) is 16.3 Å². The maximum atomic E-state index is 13.4. The van der Waals surface area contributed by atoms with Crippen molar-refractivity contribution in [3.05, 3.63) is 64.7 Å². The zero-order valence-electron chi connectivity index (χ0n) is 19.9. The average Bonchev–Trinajstić information content (AvgIpc) is 3.22. The number of benzene rings is 2. The monoisotopic (exact) mass is 471 g/mol. The Labute approximate surface area is 201 Å². The van der Waals surface area contributed by atoms with Gasteiger partial charge in [-0.25, -0.2) is 0 Å². The quantitative estimate of drug-likeness (QED) is 0.552. The molecule has 6 nitrogen and oxygen atoms in total. The van der Waals surface area contributed by atoms with Crippen molar-refractivity contribution in [3.8, 4) is 0 Å². The first-order chi connectivity index (χ1) is 15.6. The highest BCUT2D eigenvalue weighted by Crippen LogP contribution is 2.23. The molecule has 0 aliphatic carbocycles. The van der Waals surface area contributed by atoms with Gasteiger partial charge in [0, 0.05) is 23.3 Å².